The van der Waals surface area contributed by atoms with Gasteiger partial charge < -0.3 is 5.11 Å². The van der Waals surface area contributed by atoms with E-state index in [1.807, 2.05) is 0 Å². The summed E-state index contributed by atoms with van der Waals surface area (Å²) in [5.74, 6) is 0.642. The van der Waals surface area contributed by atoms with Gasteiger partial charge in [-0.2, -0.15) is 11.8 Å². The third kappa shape index (κ3) is 4.50. The van der Waals surface area contributed by atoms with Crippen LogP contribution in [0.15, 0.2) is 24.3 Å². The van der Waals surface area contributed by atoms with E-state index in [0.717, 1.165) is 24.3 Å². The van der Waals surface area contributed by atoms with Gasteiger partial charge >= 0.3 is 5.97 Å². The minimum absolute atomic E-state index is 0.0126. The summed E-state index contributed by atoms with van der Waals surface area (Å²) in [6.07, 6.45) is 1.88. The lowest BCUT2D eigenvalue weighted by atomic mass is 10.1. The van der Waals surface area contributed by atoms with Gasteiger partial charge in [0.2, 0.25) is 10.0 Å². The number of hydrogen-bond donors (Lipinski definition) is 2. The summed E-state index contributed by atoms with van der Waals surface area (Å²) in [4.78, 5) is 10.9. The van der Waals surface area contributed by atoms with Crippen LogP contribution in [-0.4, -0.2) is 37.0 Å². The molecule has 0 aromatic heterocycles. The highest BCUT2D eigenvalue weighted by atomic mass is 32.2. The van der Waals surface area contributed by atoms with E-state index in [2.05, 4.69) is 4.72 Å². The van der Waals surface area contributed by atoms with Crippen LogP contribution in [0.2, 0.25) is 0 Å². The van der Waals surface area contributed by atoms with Gasteiger partial charge in [-0.25, -0.2) is 17.9 Å². The largest absolute Gasteiger partial charge is 0.478 e. The lowest BCUT2D eigenvalue weighted by Crippen LogP contribution is -2.38. The first-order chi connectivity index (χ1) is 9.46. The molecule has 0 amide bonds. The third-order valence-corrected chi connectivity index (χ3v) is 5.66. The topological polar surface area (TPSA) is 83.5 Å². The van der Waals surface area contributed by atoms with Gasteiger partial charge in [0, 0.05) is 11.8 Å². The van der Waals surface area contributed by atoms with Crippen molar-refractivity contribution in [3.05, 3.63) is 35.4 Å². The van der Waals surface area contributed by atoms with Crippen molar-refractivity contribution in [1.82, 2.24) is 4.72 Å². The summed E-state index contributed by atoms with van der Waals surface area (Å²) in [7, 11) is -3.43. The minimum Gasteiger partial charge on any atom is -0.478 e. The van der Waals surface area contributed by atoms with Crippen LogP contribution in [0.5, 0.6) is 0 Å². The van der Waals surface area contributed by atoms with Gasteiger partial charge in [-0.15, -0.1) is 0 Å². The Balaban J connectivity index is 2.03. The smallest absolute Gasteiger partial charge is 0.335 e. The first-order valence-corrected chi connectivity index (χ1v) is 9.17. The van der Waals surface area contributed by atoms with Crippen molar-refractivity contribution in [1.29, 1.82) is 0 Å². The summed E-state index contributed by atoms with van der Waals surface area (Å²) >= 11 is 1.75. The van der Waals surface area contributed by atoms with Crippen LogP contribution in [0.25, 0.3) is 0 Å². The molecule has 2 N–H and O–H groups in total. The zero-order chi connectivity index (χ0) is 14.6. The van der Waals surface area contributed by atoms with Gasteiger partial charge in [0.1, 0.15) is 0 Å². The summed E-state index contributed by atoms with van der Waals surface area (Å²) in [6, 6.07) is 6.02. The minimum atomic E-state index is -3.43. The molecular weight excluding hydrogens is 298 g/mol. The van der Waals surface area contributed by atoms with Crippen molar-refractivity contribution in [2.75, 3.05) is 11.5 Å². The Kier molecular flexibility index (Phi) is 5.06. The van der Waals surface area contributed by atoms with Gasteiger partial charge in [0.15, 0.2) is 0 Å². The molecule has 1 heterocycles. The second kappa shape index (κ2) is 6.60. The predicted octanol–water partition coefficient (Wildman–Crippen LogP) is 1.70. The van der Waals surface area contributed by atoms with Gasteiger partial charge in [0.05, 0.1) is 11.3 Å². The maximum absolute atomic E-state index is 12.1. The van der Waals surface area contributed by atoms with E-state index in [1.54, 1.807) is 23.9 Å². The van der Waals surface area contributed by atoms with Gasteiger partial charge in [-0.05, 0) is 36.3 Å². The molecule has 0 bridgehead atoms. The maximum Gasteiger partial charge on any atom is 0.335 e. The van der Waals surface area contributed by atoms with Gasteiger partial charge in [-0.3, -0.25) is 0 Å². The Hall–Kier alpha value is -1.05. The van der Waals surface area contributed by atoms with E-state index in [4.69, 9.17) is 5.11 Å². The molecule has 5 nitrogen and oxygen atoms in total. The Morgan fingerprint density at radius 2 is 2.25 bits per heavy atom. The summed E-state index contributed by atoms with van der Waals surface area (Å²) in [5, 5.41) is 8.90. The molecular formula is C13H17NO4S2. The van der Waals surface area contributed by atoms with Crippen molar-refractivity contribution in [3.63, 3.8) is 0 Å². The lowest BCUT2D eigenvalue weighted by Gasteiger charge is -2.22. The Bertz CT molecular complexity index is 580. The van der Waals surface area contributed by atoms with Crippen LogP contribution in [0.1, 0.15) is 28.8 Å². The molecule has 1 aromatic carbocycles. The Morgan fingerprint density at radius 1 is 1.45 bits per heavy atom. The lowest BCUT2D eigenvalue weighted by molar-refractivity contribution is 0.0696. The van der Waals surface area contributed by atoms with Crippen molar-refractivity contribution < 1.29 is 18.3 Å². The molecule has 1 fully saturated rings. The number of rotatable bonds is 5. The zero-order valence-electron chi connectivity index (χ0n) is 10.9. The summed E-state index contributed by atoms with van der Waals surface area (Å²) in [5.41, 5.74) is 0.590. The summed E-state index contributed by atoms with van der Waals surface area (Å²) in [6.45, 7) is 0. The van der Waals surface area contributed by atoms with Gasteiger partial charge in [0.25, 0.3) is 0 Å². The zero-order valence-corrected chi connectivity index (χ0v) is 12.5. The highest BCUT2D eigenvalue weighted by Crippen LogP contribution is 2.18. The van der Waals surface area contributed by atoms with E-state index < -0.39 is 16.0 Å². The molecule has 7 heteroatoms. The molecule has 2 rings (SSSR count). The molecule has 0 aliphatic carbocycles. The van der Waals surface area contributed by atoms with Crippen LogP contribution < -0.4 is 4.72 Å². The normalized spacial score (nSPS) is 19.7. The molecule has 1 atom stereocenters. The van der Waals surface area contributed by atoms with E-state index >= 15 is 0 Å². The molecule has 1 aliphatic rings. The van der Waals surface area contributed by atoms with Crippen LogP contribution in [0.3, 0.4) is 0 Å². The average Bonchev–Trinajstić information content (AvgIpc) is 2.39. The fourth-order valence-corrected chi connectivity index (χ4v) is 4.73. The molecule has 1 aromatic rings. The van der Waals surface area contributed by atoms with Crippen LogP contribution >= 0.6 is 11.8 Å². The van der Waals surface area contributed by atoms with Crippen molar-refractivity contribution in [2.24, 2.45) is 0 Å². The molecule has 1 unspecified atom stereocenters. The van der Waals surface area contributed by atoms with Crippen molar-refractivity contribution >= 4 is 27.8 Å². The van der Waals surface area contributed by atoms with Crippen molar-refractivity contribution in [2.45, 2.75) is 24.6 Å². The average molecular weight is 315 g/mol. The number of hydrogen-bond acceptors (Lipinski definition) is 4. The van der Waals surface area contributed by atoms with Crippen LogP contribution in [0, 0.1) is 0 Å². The van der Waals surface area contributed by atoms with Gasteiger partial charge in [-0.1, -0.05) is 12.1 Å². The number of thioether (sulfide) groups is 1. The Morgan fingerprint density at radius 3 is 2.90 bits per heavy atom. The van der Waals surface area contributed by atoms with Crippen LogP contribution in [0.4, 0.5) is 0 Å². The quantitative estimate of drug-likeness (QED) is 0.864. The molecule has 1 aliphatic heterocycles. The maximum atomic E-state index is 12.1. The summed E-state index contributed by atoms with van der Waals surface area (Å²) < 4.78 is 26.9. The molecule has 20 heavy (non-hydrogen) atoms. The molecule has 0 saturated carbocycles. The number of carboxylic acids is 1. The monoisotopic (exact) mass is 315 g/mol. The first-order valence-electron chi connectivity index (χ1n) is 6.36. The molecule has 110 valence electrons. The fraction of sp³-hybridized carbons (Fsp3) is 0.462. The van der Waals surface area contributed by atoms with E-state index in [-0.39, 0.29) is 17.4 Å². The number of aromatic carboxylic acids is 1. The van der Waals surface area contributed by atoms with E-state index in [1.165, 1.54) is 12.1 Å². The number of carboxylic acid groups (broad SMARTS) is 1. The highest BCUT2D eigenvalue weighted by Gasteiger charge is 2.21. The predicted molar refractivity (Wildman–Crippen MR) is 79.5 cm³/mol. The second-order valence-corrected chi connectivity index (χ2v) is 7.70. The molecule has 0 spiro atoms. The van der Waals surface area contributed by atoms with Crippen LogP contribution in [-0.2, 0) is 15.8 Å². The Labute approximate surface area is 122 Å². The van der Waals surface area contributed by atoms with E-state index in [0.29, 0.717) is 5.56 Å². The number of sulfonamides is 1. The third-order valence-electron chi connectivity index (χ3n) is 3.04. The first kappa shape index (κ1) is 15.3. The fourth-order valence-electron chi connectivity index (χ4n) is 2.14. The SMILES string of the molecule is O=C(O)c1cccc(CS(=O)(=O)NC2CCCSC2)c1. The molecule has 1 saturated heterocycles. The van der Waals surface area contributed by atoms with Crippen molar-refractivity contribution in [3.8, 4) is 0 Å². The standard InChI is InChI=1S/C13H17NO4S2/c15-13(16)11-4-1-3-10(7-11)9-20(17,18)14-12-5-2-6-19-8-12/h1,3-4,7,12,14H,2,5-6,8-9H2,(H,15,16). The molecule has 0 radical (unpaired) electrons. The highest BCUT2D eigenvalue weighted by molar-refractivity contribution is 7.99. The second-order valence-electron chi connectivity index (χ2n) is 4.80. The number of nitrogens with one attached hydrogen (secondary N) is 1. The van der Waals surface area contributed by atoms with E-state index in [9.17, 15) is 13.2 Å². The number of carbonyl (C=O) groups is 1. The number of benzene rings is 1.